The van der Waals surface area contributed by atoms with Crippen LogP contribution >= 0.6 is 11.3 Å². The Kier molecular flexibility index (Phi) is 4.42. The predicted octanol–water partition coefficient (Wildman–Crippen LogP) is 4.76. The molecule has 6 heteroatoms. The van der Waals surface area contributed by atoms with Crippen LogP contribution in [-0.4, -0.2) is 28.5 Å². The fourth-order valence-corrected chi connectivity index (χ4v) is 6.50. The molecule has 0 bridgehead atoms. The third kappa shape index (κ3) is 2.74. The van der Waals surface area contributed by atoms with Crippen molar-refractivity contribution in [2.45, 2.75) is 25.9 Å². The summed E-state index contributed by atoms with van der Waals surface area (Å²) in [7, 11) is 0. The molecule has 5 nitrogen and oxygen atoms in total. The zero-order valence-corrected chi connectivity index (χ0v) is 19.1. The first-order valence-corrected chi connectivity index (χ1v) is 11.9. The highest BCUT2D eigenvalue weighted by molar-refractivity contribution is 7.12. The van der Waals surface area contributed by atoms with Gasteiger partial charge in [0, 0.05) is 6.20 Å². The van der Waals surface area contributed by atoms with Gasteiger partial charge in [-0.2, -0.15) is 0 Å². The quantitative estimate of drug-likeness (QED) is 0.423. The standard InChI is InChI=1S/C27H22N2O3S/c1-15-7-5-8-16(2)22(15)29-26(31)20-21(27(29)32)24(25(30)19-11-6-14-33-19)28-13-12-17-9-3-4-10-18(17)23(20)28/h3-14,20-21,23-24H,1-2H3/t20-,21+,23+,24+/m0/s1. The van der Waals surface area contributed by atoms with Crippen molar-refractivity contribution in [1.82, 2.24) is 4.90 Å². The van der Waals surface area contributed by atoms with Crippen LogP contribution in [0.1, 0.15) is 38.0 Å². The molecule has 4 atom stereocenters. The van der Waals surface area contributed by atoms with Crippen molar-refractivity contribution in [2.75, 3.05) is 4.90 Å². The molecular weight excluding hydrogens is 432 g/mol. The number of fused-ring (bicyclic) bond motifs is 5. The van der Waals surface area contributed by atoms with Crippen molar-refractivity contribution in [3.05, 3.63) is 93.3 Å². The van der Waals surface area contributed by atoms with Crippen LogP contribution < -0.4 is 4.90 Å². The number of thiophene rings is 1. The SMILES string of the molecule is Cc1cccc(C)c1N1C(=O)[C@@H]2[C@H](C1=O)[C@H]1c3ccccc3C=CN1[C@H]2C(=O)c1cccs1. The molecule has 0 saturated carbocycles. The van der Waals surface area contributed by atoms with E-state index in [0.29, 0.717) is 10.6 Å². The average Bonchev–Trinajstić information content (AvgIpc) is 3.51. The summed E-state index contributed by atoms with van der Waals surface area (Å²) >= 11 is 1.37. The molecule has 3 aromatic rings. The first-order chi connectivity index (χ1) is 16.0. The van der Waals surface area contributed by atoms with Crippen molar-refractivity contribution in [1.29, 1.82) is 0 Å². The second-order valence-corrected chi connectivity index (χ2v) is 9.87. The van der Waals surface area contributed by atoms with E-state index in [2.05, 4.69) is 0 Å². The van der Waals surface area contributed by atoms with Crippen LogP contribution in [0, 0.1) is 25.7 Å². The Labute approximate surface area is 195 Å². The highest BCUT2D eigenvalue weighted by atomic mass is 32.1. The van der Waals surface area contributed by atoms with Gasteiger partial charge in [-0.25, -0.2) is 4.90 Å². The zero-order chi connectivity index (χ0) is 22.9. The number of ketones is 1. The van der Waals surface area contributed by atoms with E-state index < -0.39 is 17.9 Å². The summed E-state index contributed by atoms with van der Waals surface area (Å²) in [6.45, 7) is 3.83. The lowest BCUT2D eigenvalue weighted by molar-refractivity contribution is -0.123. The largest absolute Gasteiger partial charge is 0.358 e. The number of rotatable bonds is 3. The van der Waals surface area contributed by atoms with Crippen LogP contribution in [0.2, 0.25) is 0 Å². The van der Waals surface area contributed by atoms with Crippen molar-refractivity contribution in [3.63, 3.8) is 0 Å². The first kappa shape index (κ1) is 20.1. The number of nitrogens with zero attached hydrogens (tertiary/aromatic N) is 2. The summed E-state index contributed by atoms with van der Waals surface area (Å²) in [6.07, 6.45) is 3.87. The zero-order valence-electron chi connectivity index (χ0n) is 18.3. The van der Waals surface area contributed by atoms with Crippen molar-refractivity contribution < 1.29 is 14.4 Å². The number of Topliss-reactive ketones (excluding diaryl/α,β-unsaturated/α-hetero) is 1. The van der Waals surface area contributed by atoms with Crippen LogP contribution in [0.25, 0.3) is 6.08 Å². The molecule has 1 aromatic heterocycles. The van der Waals surface area contributed by atoms with E-state index in [9.17, 15) is 14.4 Å². The fourth-order valence-electron chi connectivity index (χ4n) is 5.80. The summed E-state index contributed by atoms with van der Waals surface area (Å²) in [5, 5.41) is 1.86. The number of para-hydroxylation sites is 1. The number of amides is 2. The second-order valence-electron chi connectivity index (χ2n) is 8.93. The normalized spacial score (nSPS) is 25.3. The van der Waals surface area contributed by atoms with E-state index in [-0.39, 0.29) is 23.6 Å². The monoisotopic (exact) mass is 454 g/mol. The molecule has 0 N–H and O–H groups in total. The second kappa shape index (κ2) is 7.25. The van der Waals surface area contributed by atoms with Crippen LogP contribution in [0.4, 0.5) is 5.69 Å². The Balaban J connectivity index is 1.53. The lowest BCUT2D eigenvalue weighted by atomic mass is 9.84. The van der Waals surface area contributed by atoms with Gasteiger partial charge in [0.25, 0.3) is 0 Å². The highest BCUT2D eigenvalue weighted by Crippen LogP contribution is 2.54. The third-order valence-corrected chi connectivity index (χ3v) is 8.04. The predicted molar refractivity (Wildman–Crippen MR) is 128 cm³/mol. The molecule has 2 aromatic carbocycles. The van der Waals surface area contributed by atoms with E-state index >= 15 is 0 Å². The molecule has 33 heavy (non-hydrogen) atoms. The smallest absolute Gasteiger partial charge is 0.240 e. The summed E-state index contributed by atoms with van der Waals surface area (Å²) in [5.41, 5.74) is 4.40. The van der Waals surface area contributed by atoms with Crippen LogP contribution in [0.15, 0.2) is 66.2 Å². The van der Waals surface area contributed by atoms with Gasteiger partial charge in [0.2, 0.25) is 11.8 Å². The maximum Gasteiger partial charge on any atom is 0.240 e. The molecule has 0 unspecified atom stereocenters. The van der Waals surface area contributed by atoms with Gasteiger partial charge in [-0.15, -0.1) is 11.3 Å². The Morgan fingerprint density at radius 2 is 1.61 bits per heavy atom. The molecule has 3 aliphatic rings. The van der Waals surface area contributed by atoms with Crippen molar-refractivity contribution in [2.24, 2.45) is 11.8 Å². The number of hydrogen-bond donors (Lipinski definition) is 0. The lowest BCUT2D eigenvalue weighted by Gasteiger charge is -2.35. The minimum Gasteiger partial charge on any atom is -0.358 e. The van der Waals surface area contributed by atoms with Crippen molar-refractivity contribution in [3.8, 4) is 0 Å². The Bertz CT molecular complexity index is 1320. The van der Waals surface area contributed by atoms with Gasteiger partial charge in [-0.3, -0.25) is 14.4 Å². The maximum atomic E-state index is 14.0. The molecule has 2 saturated heterocycles. The van der Waals surface area contributed by atoms with Gasteiger partial charge >= 0.3 is 0 Å². The lowest BCUT2D eigenvalue weighted by Crippen LogP contribution is -2.44. The number of anilines is 1. The van der Waals surface area contributed by atoms with E-state index in [1.807, 2.05) is 84.9 Å². The number of imide groups is 1. The average molecular weight is 455 g/mol. The van der Waals surface area contributed by atoms with Crippen LogP contribution in [0.5, 0.6) is 0 Å². The molecule has 0 spiro atoms. The van der Waals surface area contributed by atoms with E-state index in [1.54, 1.807) is 6.07 Å². The molecule has 2 amide bonds. The van der Waals surface area contributed by atoms with Gasteiger partial charge < -0.3 is 4.90 Å². The first-order valence-electron chi connectivity index (χ1n) is 11.1. The van der Waals surface area contributed by atoms with Crippen LogP contribution in [0.3, 0.4) is 0 Å². The Morgan fingerprint density at radius 3 is 2.33 bits per heavy atom. The van der Waals surface area contributed by atoms with E-state index in [4.69, 9.17) is 0 Å². The summed E-state index contributed by atoms with van der Waals surface area (Å²) < 4.78 is 0. The van der Waals surface area contributed by atoms with E-state index in [0.717, 1.165) is 22.3 Å². The fraction of sp³-hybridized carbons (Fsp3) is 0.222. The molecule has 0 aliphatic carbocycles. The summed E-state index contributed by atoms with van der Waals surface area (Å²) in [5.74, 6) is -1.94. The number of benzene rings is 2. The molecule has 164 valence electrons. The third-order valence-electron chi connectivity index (χ3n) is 7.16. The topological polar surface area (TPSA) is 57.7 Å². The summed E-state index contributed by atoms with van der Waals surface area (Å²) in [6, 6.07) is 16.2. The Hall–Kier alpha value is -3.51. The van der Waals surface area contributed by atoms with Gasteiger partial charge in [-0.1, -0.05) is 48.5 Å². The highest BCUT2D eigenvalue weighted by Gasteiger charge is 2.64. The minimum atomic E-state index is -0.730. The van der Waals surface area contributed by atoms with Gasteiger partial charge in [0.1, 0.15) is 6.04 Å². The number of carbonyl (C=O) groups is 3. The number of hydrogen-bond acceptors (Lipinski definition) is 5. The van der Waals surface area contributed by atoms with Crippen molar-refractivity contribution >= 4 is 40.7 Å². The molecular formula is C27H22N2O3S. The van der Waals surface area contributed by atoms with E-state index in [1.165, 1.54) is 16.2 Å². The van der Waals surface area contributed by atoms with Gasteiger partial charge in [-0.05, 0) is 53.6 Å². The van der Waals surface area contributed by atoms with Gasteiger partial charge in [0.05, 0.1) is 28.4 Å². The number of carbonyl (C=O) groups excluding carboxylic acids is 3. The number of aryl methyl sites for hydroxylation is 2. The maximum absolute atomic E-state index is 14.0. The van der Waals surface area contributed by atoms with Gasteiger partial charge in [0.15, 0.2) is 5.78 Å². The Morgan fingerprint density at radius 1 is 0.879 bits per heavy atom. The molecule has 6 rings (SSSR count). The molecule has 4 heterocycles. The minimum absolute atomic E-state index is 0.101. The summed E-state index contributed by atoms with van der Waals surface area (Å²) in [4.78, 5) is 45.5. The molecule has 3 aliphatic heterocycles. The molecule has 2 fully saturated rings. The molecule has 0 radical (unpaired) electrons. The van der Waals surface area contributed by atoms with Crippen LogP contribution in [-0.2, 0) is 9.59 Å².